The maximum Gasteiger partial charge on any atom is 0.225 e. The molecule has 0 aliphatic carbocycles. The van der Waals surface area contributed by atoms with Crippen LogP contribution in [0.15, 0.2) is 0 Å². The average molecular weight is 303 g/mol. The molecular weight excluding hydrogens is 266 g/mol. The Kier molecular flexibility index (Phi) is 17.0. The summed E-state index contributed by atoms with van der Waals surface area (Å²) in [5.74, 6) is 0.611. The Bertz CT molecular complexity index is 224. The van der Waals surface area contributed by atoms with Crippen LogP contribution in [0.1, 0.15) is 66.7 Å². The SMILES string of the molecule is CC(CO)CO.CCCCC(C)C(=O)N(CCC)CCC. The van der Waals surface area contributed by atoms with Gasteiger partial charge in [-0.15, -0.1) is 0 Å². The van der Waals surface area contributed by atoms with E-state index in [-0.39, 0.29) is 25.0 Å². The van der Waals surface area contributed by atoms with Crippen molar-refractivity contribution in [2.75, 3.05) is 26.3 Å². The highest BCUT2D eigenvalue weighted by Crippen LogP contribution is 2.12. The monoisotopic (exact) mass is 303 g/mol. The van der Waals surface area contributed by atoms with E-state index in [1.54, 1.807) is 6.92 Å². The van der Waals surface area contributed by atoms with E-state index < -0.39 is 0 Å². The molecule has 0 aliphatic rings. The first-order valence-electron chi connectivity index (χ1n) is 8.48. The van der Waals surface area contributed by atoms with E-state index in [0.29, 0.717) is 5.91 Å². The molecule has 128 valence electrons. The van der Waals surface area contributed by atoms with Crippen molar-refractivity contribution in [3.05, 3.63) is 0 Å². The molecule has 1 atom stereocenters. The van der Waals surface area contributed by atoms with Gasteiger partial charge in [-0.1, -0.05) is 47.5 Å². The maximum atomic E-state index is 12.1. The maximum absolute atomic E-state index is 12.1. The lowest BCUT2D eigenvalue weighted by Crippen LogP contribution is -2.36. The Labute approximate surface area is 131 Å². The molecule has 1 amide bonds. The predicted molar refractivity (Wildman–Crippen MR) is 89.2 cm³/mol. The van der Waals surface area contributed by atoms with Crippen molar-refractivity contribution in [2.24, 2.45) is 11.8 Å². The summed E-state index contributed by atoms with van der Waals surface area (Å²) in [6, 6.07) is 0. The molecule has 0 saturated heterocycles. The highest BCUT2D eigenvalue weighted by Gasteiger charge is 2.18. The Morgan fingerprint density at radius 3 is 1.71 bits per heavy atom. The fourth-order valence-electron chi connectivity index (χ4n) is 1.88. The summed E-state index contributed by atoms with van der Waals surface area (Å²) in [4.78, 5) is 14.1. The van der Waals surface area contributed by atoms with Crippen molar-refractivity contribution in [1.82, 2.24) is 4.90 Å². The molecule has 0 radical (unpaired) electrons. The third-order valence-corrected chi connectivity index (χ3v) is 3.33. The van der Waals surface area contributed by atoms with Gasteiger partial charge in [0.05, 0.1) is 0 Å². The third kappa shape index (κ3) is 12.8. The van der Waals surface area contributed by atoms with Gasteiger partial charge < -0.3 is 15.1 Å². The molecule has 4 heteroatoms. The summed E-state index contributed by atoms with van der Waals surface area (Å²) < 4.78 is 0. The van der Waals surface area contributed by atoms with Gasteiger partial charge in [-0.2, -0.15) is 0 Å². The number of carbonyl (C=O) groups is 1. The molecule has 2 N–H and O–H groups in total. The van der Waals surface area contributed by atoms with Gasteiger partial charge >= 0.3 is 0 Å². The average Bonchev–Trinajstić information content (AvgIpc) is 2.51. The fraction of sp³-hybridized carbons (Fsp3) is 0.941. The summed E-state index contributed by atoms with van der Waals surface area (Å²) >= 11 is 0. The minimum Gasteiger partial charge on any atom is -0.396 e. The van der Waals surface area contributed by atoms with Crippen LogP contribution in [0.3, 0.4) is 0 Å². The zero-order valence-corrected chi connectivity index (χ0v) is 14.8. The van der Waals surface area contributed by atoms with Crippen LogP contribution < -0.4 is 0 Å². The Morgan fingerprint density at radius 1 is 0.952 bits per heavy atom. The molecule has 0 rings (SSSR count). The summed E-state index contributed by atoms with van der Waals surface area (Å²) in [6.07, 6.45) is 5.51. The van der Waals surface area contributed by atoms with Crippen LogP contribution >= 0.6 is 0 Å². The Hall–Kier alpha value is -0.610. The minimum atomic E-state index is 0.0463. The van der Waals surface area contributed by atoms with Crippen LogP contribution in [0.25, 0.3) is 0 Å². The van der Waals surface area contributed by atoms with Crippen LogP contribution in [0.5, 0.6) is 0 Å². The number of hydrogen-bond donors (Lipinski definition) is 2. The number of rotatable bonds is 10. The van der Waals surface area contributed by atoms with Crippen LogP contribution in [0.2, 0.25) is 0 Å². The predicted octanol–water partition coefficient (Wildman–Crippen LogP) is 3.07. The molecule has 21 heavy (non-hydrogen) atoms. The van der Waals surface area contributed by atoms with E-state index in [1.165, 1.54) is 12.8 Å². The van der Waals surface area contributed by atoms with Gasteiger partial charge in [0.25, 0.3) is 0 Å². The number of unbranched alkanes of at least 4 members (excludes halogenated alkanes) is 1. The zero-order chi connectivity index (χ0) is 16.7. The van der Waals surface area contributed by atoms with Gasteiger partial charge in [-0.05, 0) is 19.3 Å². The molecule has 0 aromatic rings. The van der Waals surface area contributed by atoms with Crippen molar-refractivity contribution >= 4 is 5.91 Å². The zero-order valence-electron chi connectivity index (χ0n) is 14.8. The highest BCUT2D eigenvalue weighted by atomic mass is 16.3. The molecule has 0 aromatic heterocycles. The lowest BCUT2D eigenvalue weighted by Gasteiger charge is -2.25. The lowest BCUT2D eigenvalue weighted by atomic mass is 10.0. The van der Waals surface area contributed by atoms with Crippen molar-refractivity contribution in [2.45, 2.75) is 66.7 Å². The molecule has 0 aliphatic heterocycles. The molecule has 0 spiro atoms. The van der Waals surface area contributed by atoms with Gasteiger partial charge in [0.2, 0.25) is 5.91 Å². The Morgan fingerprint density at radius 2 is 1.43 bits per heavy atom. The lowest BCUT2D eigenvalue weighted by molar-refractivity contribution is -0.135. The van der Waals surface area contributed by atoms with Crippen LogP contribution in [0, 0.1) is 11.8 Å². The fourth-order valence-corrected chi connectivity index (χ4v) is 1.88. The first kappa shape index (κ1) is 22.7. The number of amides is 1. The normalized spacial score (nSPS) is 11.8. The standard InChI is InChI=1S/C13H27NO.C4H10O2/c1-5-8-9-12(4)13(15)14(10-6-2)11-7-3;1-4(2-5)3-6/h12H,5-11H2,1-4H3;4-6H,2-3H2,1H3. The van der Waals surface area contributed by atoms with Crippen LogP contribution in [-0.2, 0) is 4.79 Å². The first-order chi connectivity index (χ1) is 9.98. The van der Waals surface area contributed by atoms with Gasteiger partial charge in [-0.25, -0.2) is 0 Å². The molecule has 0 saturated carbocycles. The van der Waals surface area contributed by atoms with Crippen LogP contribution in [-0.4, -0.2) is 47.3 Å². The second kappa shape index (κ2) is 15.8. The second-order valence-electron chi connectivity index (χ2n) is 5.84. The molecule has 1 unspecified atom stereocenters. The molecule has 0 aromatic carbocycles. The van der Waals surface area contributed by atoms with Gasteiger partial charge in [-0.3, -0.25) is 4.79 Å². The van der Waals surface area contributed by atoms with Crippen LogP contribution in [0.4, 0.5) is 0 Å². The minimum absolute atomic E-state index is 0.0463. The second-order valence-corrected chi connectivity index (χ2v) is 5.84. The number of nitrogens with zero attached hydrogens (tertiary/aromatic N) is 1. The summed E-state index contributed by atoms with van der Waals surface area (Å²) in [7, 11) is 0. The number of hydrogen-bond acceptors (Lipinski definition) is 3. The topological polar surface area (TPSA) is 60.8 Å². The van der Waals surface area contributed by atoms with E-state index in [1.807, 2.05) is 4.90 Å². The van der Waals surface area contributed by atoms with E-state index >= 15 is 0 Å². The van der Waals surface area contributed by atoms with Gasteiger partial charge in [0.1, 0.15) is 0 Å². The smallest absolute Gasteiger partial charge is 0.225 e. The highest BCUT2D eigenvalue weighted by molar-refractivity contribution is 5.78. The third-order valence-electron chi connectivity index (χ3n) is 3.33. The quantitative estimate of drug-likeness (QED) is 0.652. The van der Waals surface area contributed by atoms with Crippen molar-refractivity contribution in [3.63, 3.8) is 0 Å². The van der Waals surface area contributed by atoms with E-state index in [9.17, 15) is 4.79 Å². The van der Waals surface area contributed by atoms with E-state index in [4.69, 9.17) is 10.2 Å². The number of aliphatic hydroxyl groups excluding tert-OH is 2. The van der Waals surface area contributed by atoms with Gasteiger partial charge in [0.15, 0.2) is 0 Å². The summed E-state index contributed by atoms with van der Waals surface area (Å²) in [5, 5.41) is 16.3. The molecule has 0 fully saturated rings. The summed E-state index contributed by atoms with van der Waals surface area (Å²) in [6.45, 7) is 12.3. The van der Waals surface area contributed by atoms with Crippen molar-refractivity contribution < 1.29 is 15.0 Å². The largest absolute Gasteiger partial charge is 0.396 e. The Balaban J connectivity index is 0. The number of carbonyl (C=O) groups excluding carboxylic acids is 1. The summed E-state index contributed by atoms with van der Waals surface area (Å²) in [5.41, 5.74) is 0. The van der Waals surface area contributed by atoms with Gasteiger partial charge in [0, 0.05) is 38.1 Å². The molecular formula is C17H37NO3. The molecule has 0 heterocycles. The number of aliphatic hydroxyl groups is 2. The van der Waals surface area contributed by atoms with Crippen molar-refractivity contribution in [3.8, 4) is 0 Å². The van der Waals surface area contributed by atoms with Crippen molar-refractivity contribution in [1.29, 1.82) is 0 Å². The van der Waals surface area contributed by atoms with E-state index in [0.717, 1.165) is 32.4 Å². The first-order valence-corrected chi connectivity index (χ1v) is 8.48. The van der Waals surface area contributed by atoms with E-state index in [2.05, 4.69) is 27.7 Å². The molecule has 4 nitrogen and oxygen atoms in total. The molecule has 0 bridgehead atoms.